The van der Waals surface area contributed by atoms with E-state index in [1.165, 1.54) is 26.2 Å². The fraction of sp³-hybridized carbons (Fsp3) is 0.111. The van der Waals surface area contributed by atoms with E-state index in [2.05, 4.69) is 10.3 Å². The van der Waals surface area contributed by atoms with Gasteiger partial charge in [0, 0.05) is 31.2 Å². The second kappa shape index (κ2) is 6.62. The minimum absolute atomic E-state index is 0.0738. The minimum atomic E-state index is -3.60. The van der Waals surface area contributed by atoms with E-state index in [0.717, 1.165) is 15.2 Å². The van der Waals surface area contributed by atoms with Crippen molar-refractivity contribution in [3.05, 3.63) is 66.4 Å². The van der Waals surface area contributed by atoms with Crippen LogP contribution in [0.3, 0.4) is 0 Å². The summed E-state index contributed by atoms with van der Waals surface area (Å²) in [6.07, 6.45) is 1.68. The van der Waals surface area contributed by atoms with E-state index < -0.39 is 10.0 Å². The number of rotatable bonds is 4. The molecule has 0 saturated heterocycles. The highest BCUT2D eigenvalue weighted by atomic mass is 32.2. The average Bonchev–Trinajstić information content (AvgIpc) is 2.62. The molecule has 3 aromatic rings. The molecule has 3 rings (SSSR count). The maximum absolute atomic E-state index is 12.6. The third kappa shape index (κ3) is 3.38. The Bertz CT molecular complexity index is 1040. The molecule has 0 radical (unpaired) electrons. The summed E-state index contributed by atoms with van der Waals surface area (Å²) in [5.41, 5.74) is 1.66. The van der Waals surface area contributed by atoms with Crippen molar-refractivity contribution < 1.29 is 13.2 Å². The predicted octanol–water partition coefficient (Wildman–Crippen LogP) is 2.74. The van der Waals surface area contributed by atoms with Crippen molar-refractivity contribution in [3.8, 4) is 0 Å². The molecule has 6 nitrogen and oxygen atoms in total. The molecule has 25 heavy (non-hydrogen) atoms. The van der Waals surface area contributed by atoms with Crippen molar-refractivity contribution in [2.75, 3.05) is 19.4 Å². The number of anilines is 1. The van der Waals surface area contributed by atoms with E-state index in [1.807, 2.05) is 12.1 Å². The summed E-state index contributed by atoms with van der Waals surface area (Å²) in [7, 11) is -0.698. The first-order valence-electron chi connectivity index (χ1n) is 7.57. The molecule has 2 aromatic carbocycles. The van der Waals surface area contributed by atoms with E-state index >= 15 is 0 Å². The van der Waals surface area contributed by atoms with Crippen LogP contribution in [0.5, 0.6) is 0 Å². The molecule has 7 heteroatoms. The Labute approximate surface area is 146 Å². The van der Waals surface area contributed by atoms with E-state index in [-0.39, 0.29) is 16.4 Å². The highest BCUT2D eigenvalue weighted by Crippen LogP contribution is 2.22. The van der Waals surface area contributed by atoms with Gasteiger partial charge in [-0.1, -0.05) is 12.1 Å². The number of sulfonamides is 1. The van der Waals surface area contributed by atoms with Gasteiger partial charge in [-0.25, -0.2) is 12.7 Å². The van der Waals surface area contributed by atoms with E-state index in [9.17, 15) is 13.2 Å². The fourth-order valence-corrected chi connectivity index (χ4v) is 3.36. The number of benzene rings is 2. The van der Waals surface area contributed by atoms with Crippen LogP contribution >= 0.6 is 0 Å². The molecule has 1 aromatic heterocycles. The minimum Gasteiger partial charge on any atom is -0.321 e. The van der Waals surface area contributed by atoms with Crippen molar-refractivity contribution in [2.45, 2.75) is 4.90 Å². The van der Waals surface area contributed by atoms with Gasteiger partial charge in [0.1, 0.15) is 0 Å². The molecular weight excluding hydrogens is 338 g/mol. The van der Waals surface area contributed by atoms with Gasteiger partial charge in [-0.15, -0.1) is 0 Å². The number of hydrogen-bond acceptors (Lipinski definition) is 4. The molecule has 1 heterocycles. The zero-order valence-corrected chi connectivity index (χ0v) is 14.6. The molecule has 0 aliphatic heterocycles. The first-order chi connectivity index (χ1) is 11.9. The third-order valence-electron chi connectivity index (χ3n) is 3.77. The van der Waals surface area contributed by atoms with Crippen LogP contribution in [-0.4, -0.2) is 37.7 Å². The SMILES string of the molecule is CN(C)S(=O)(=O)c1cccc(C(=O)Nc2cccc3ncccc23)c1. The van der Waals surface area contributed by atoms with Crippen molar-refractivity contribution in [2.24, 2.45) is 0 Å². The second-order valence-corrected chi connectivity index (χ2v) is 7.80. The number of aromatic nitrogens is 1. The van der Waals surface area contributed by atoms with Crippen LogP contribution in [0.1, 0.15) is 10.4 Å². The fourth-order valence-electron chi connectivity index (χ4n) is 2.42. The van der Waals surface area contributed by atoms with Crippen molar-refractivity contribution in [1.29, 1.82) is 0 Å². The summed E-state index contributed by atoms with van der Waals surface area (Å²) in [6.45, 7) is 0. The topological polar surface area (TPSA) is 79.4 Å². The largest absolute Gasteiger partial charge is 0.321 e. The molecule has 0 saturated carbocycles. The number of carbonyl (C=O) groups excluding carboxylic acids is 1. The molecule has 1 amide bonds. The third-order valence-corrected chi connectivity index (χ3v) is 5.58. The predicted molar refractivity (Wildman–Crippen MR) is 97.0 cm³/mol. The summed E-state index contributed by atoms with van der Waals surface area (Å²) in [5, 5.41) is 3.64. The van der Waals surface area contributed by atoms with Gasteiger partial charge in [0.05, 0.1) is 16.1 Å². The van der Waals surface area contributed by atoms with Crippen LogP contribution in [-0.2, 0) is 10.0 Å². The van der Waals surface area contributed by atoms with Crippen LogP contribution in [0, 0.1) is 0 Å². The summed E-state index contributed by atoms with van der Waals surface area (Å²) >= 11 is 0. The first-order valence-corrected chi connectivity index (χ1v) is 9.01. The lowest BCUT2D eigenvalue weighted by Crippen LogP contribution is -2.22. The van der Waals surface area contributed by atoms with Gasteiger partial charge in [0.2, 0.25) is 10.0 Å². The average molecular weight is 355 g/mol. The van der Waals surface area contributed by atoms with Gasteiger partial charge in [0.25, 0.3) is 5.91 Å². The van der Waals surface area contributed by atoms with Gasteiger partial charge in [0.15, 0.2) is 0 Å². The van der Waals surface area contributed by atoms with Gasteiger partial charge in [-0.2, -0.15) is 0 Å². The molecule has 0 spiro atoms. The Hall–Kier alpha value is -2.77. The quantitative estimate of drug-likeness (QED) is 0.780. The Morgan fingerprint density at radius 2 is 1.80 bits per heavy atom. The zero-order chi connectivity index (χ0) is 18.0. The standard InChI is InChI=1S/C18H17N3O3S/c1-21(2)25(23,24)14-7-3-6-13(12-14)18(22)20-17-10-4-9-16-15(17)8-5-11-19-16/h3-12H,1-2H3,(H,20,22). The Kier molecular flexibility index (Phi) is 4.52. The number of amides is 1. The molecule has 0 unspecified atom stereocenters. The molecule has 0 fully saturated rings. The van der Waals surface area contributed by atoms with E-state index in [1.54, 1.807) is 36.5 Å². The summed E-state index contributed by atoms with van der Waals surface area (Å²) < 4.78 is 25.6. The number of nitrogens with one attached hydrogen (secondary N) is 1. The van der Waals surface area contributed by atoms with E-state index in [4.69, 9.17) is 0 Å². The highest BCUT2D eigenvalue weighted by Gasteiger charge is 2.19. The summed E-state index contributed by atoms with van der Waals surface area (Å²) in [6, 6.07) is 15.1. The maximum Gasteiger partial charge on any atom is 0.255 e. The molecule has 128 valence electrons. The van der Waals surface area contributed by atoms with Gasteiger partial charge in [-0.3, -0.25) is 9.78 Å². The smallest absolute Gasteiger partial charge is 0.255 e. The number of hydrogen-bond donors (Lipinski definition) is 1. The summed E-state index contributed by atoms with van der Waals surface area (Å²) in [5.74, 6) is -0.382. The second-order valence-electron chi connectivity index (χ2n) is 5.65. The lowest BCUT2D eigenvalue weighted by molar-refractivity contribution is 0.102. The molecule has 0 aliphatic rings. The lowest BCUT2D eigenvalue weighted by atomic mass is 10.1. The van der Waals surface area contributed by atoms with Crippen LogP contribution in [0.4, 0.5) is 5.69 Å². The normalized spacial score (nSPS) is 11.6. The molecule has 0 aliphatic carbocycles. The number of pyridine rings is 1. The monoisotopic (exact) mass is 355 g/mol. The Morgan fingerprint density at radius 3 is 2.56 bits per heavy atom. The van der Waals surface area contributed by atoms with Crippen LogP contribution in [0.25, 0.3) is 10.9 Å². The van der Waals surface area contributed by atoms with Crippen molar-refractivity contribution in [1.82, 2.24) is 9.29 Å². The number of fused-ring (bicyclic) bond motifs is 1. The molecule has 0 bridgehead atoms. The van der Waals surface area contributed by atoms with E-state index in [0.29, 0.717) is 5.69 Å². The molecular formula is C18H17N3O3S. The maximum atomic E-state index is 12.6. The van der Waals surface area contributed by atoms with Crippen LogP contribution < -0.4 is 5.32 Å². The number of nitrogens with zero attached hydrogens (tertiary/aromatic N) is 2. The number of carbonyl (C=O) groups is 1. The van der Waals surface area contributed by atoms with Crippen LogP contribution in [0.2, 0.25) is 0 Å². The Morgan fingerprint density at radius 1 is 1.04 bits per heavy atom. The first kappa shape index (κ1) is 17.1. The highest BCUT2D eigenvalue weighted by molar-refractivity contribution is 7.89. The van der Waals surface area contributed by atoms with Crippen molar-refractivity contribution in [3.63, 3.8) is 0 Å². The molecule has 1 N–H and O–H groups in total. The van der Waals surface area contributed by atoms with Gasteiger partial charge >= 0.3 is 0 Å². The lowest BCUT2D eigenvalue weighted by Gasteiger charge is -2.12. The van der Waals surface area contributed by atoms with Gasteiger partial charge < -0.3 is 5.32 Å². The summed E-state index contributed by atoms with van der Waals surface area (Å²) in [4.78, 5) is 16.9. The van der Waals surface area contributed by atoms with Crippen LogP contribution in [0.15, 0.2) is 65.7 Å². The van der Waals surface area contributed by atoms with Gasteiger partial charge in [-0.05, 0) is 42.5 Å². The van der Waals surface area contributed by atoms with Crippen molar-refractivity contribution >= 4 is 32.5 Å². The zero-order valence-electron chi connectivity index (χ0n) is 13.8. The Balaban J connectivity index is 1.94. The molecule has 0 atom stereocenters.